The largest absolute Gasteiger partial charge is 0.495 e. The van der Waals surface area contributed by atoms with Crippen LogP contribution in [-0.4, -0.2) is 84.6 Å². The molecule has 46 heavy (non-hydrogen) atoms. The summed E-state index contributed by atoms with van der Waals surface area (Å²) in [6, 6.07) is 4.17. The van der Waals surface area contributed by atoms with Crippen LogP contribution in [0, 0.1) is 0 Å². The van der Waals surface area contributed by atoms with Gasteiger partial charge in [0, 0.05) is 50.3 Å². The summed E-state index contributed by atoms with van der Waals surface area (Å²) < 4.78 is 71.8. The average molecular weight is 664 g/mol. The lowest BCUT2D eigenvalue weighted by molar-refractivity contribution is -0.137. The number of ether oxygens (including phenoxy) is 1. The van der Waals surface area contributed by atoms with Gasteiger partial charge >= 0.3 is 6.18 Å². The second kappa shape index (κ2) is 14.0. The van der Waals surface area contributed by atoms with E-state index in [4.69, 9.17) is 4.74 Å². The summed E-state index contributed by atoms with van der Waals surface area (Å²) in [6.45, 7) is 4.08. The lowest BCUT2D eigenvalue weighted by Crippen LogP contribution is -2.49. The molecule has 1 aliphatic rings. The van der Waals surface area contributed by atoms with Crippen LogP contribution in [0.25, 0.3) is 0 Å². The molecule has 3 heterocycles. The maximum atomic E-state index is 13.8. The molecule has 3 aromatic rings. The monoisotopic (exact) mass is 663 g/mol. The minimum Gasteiger partial charge on any atom is -0.495 e. The van der Waals surface area contributed by atoms with Crippen LogP contribution in [0.2, 0.25) is 0 Å². The van der Waals surface area contributed by atoms with Crippen molar-refractivity contribution < 1.29 is 35.9 Å². The number of halogens is 3. The molecule has 14 nitrogen and oxygen atoms in total. The topological polar surface area (TPSA) is 172 Å². The Kier molecular flexibility index (Phi) is 10.3. The maximum absolute atomic E-state index is 13.8. The summed E-state index contributed by atoms with van der Waals surface area (Å²) in [4.78, 5) is 42.4. The van der Waals surface area contributed by atoms with Gasteiger partial charge in [0.1, 0.15) is 22.8 Å². The van der Waals surface area contributed by atoms with Crippen molar-refractivity contribution in [1.82, 2.24) is 30.2 Å². The number of rotatable bonds is 11. The fourth-order valence-electron chi connectivity index (χ4n) is 4.61. The molecule has 0 radical (unpaired) electrons. The van der Waals surface area contributed by atoms with Crippen molar-refractivity contribution in [1.29, 1.82) is 0 Å². The summed E-state index contributed by atoms with van der Waals surface area (Å²) in [5, 5.41) is 8.28. The smallest absolute Gasteiger partial charge is 0.421 e. The van der Waals surface area contributed by atoms with Gasteiger partial charge in [0.05, 0.1) is 25.6 Å². The van der Waals surface area contributed by atoms with Crippen LogP contribution < -0.4 is 25.0 Å². The zero-order valence-electron chi connectivity index (χ0n) is 25.1. The number of methoxy groups -OCH3 is 1. The van der Waals surface area contributed by atoms with E-state index < -0.39 is 33.5 Å². The molecular formula is C28H32F3N9O5S. The van der Waals surface area contributed by atoms with Crippen molar-refractivity contribution >= 4 is 45.1 Å². The van der Waals surface area contributed by atoms with E-state index in [1.807, 2.05) is 0 Å². The molecule has 0 spiro atoms. The lowest BCUT2D eigenvalue weighted by Gasteiger charge is -2.32. The third-order valence-corrected chi connectivity index (χ3v) is 8.19. The second-order valence-corrected chi connectivity index (χ2v) is 12.2. The quantitative estimate of drug-likeness (QED) is 0.258. The van der Waals surface area contributed by atoms with E-state index in [1.54, 1.807) is 4.90 Å². The molecule has 1 aromatic carbocycles. The molecule has 1 atom stereocenters. The van der Waals surface area contributed by atoms with Gasteiger partial charge in [-0.2, -0.15) is 18.2 Å². The molecule has 0 aliphatic carbocycles. The first kappa shape index (κ1) is 33.9. The molecule has 246 valence electrons. The number of hydrogen-bond acceptors (Lipinski definition) is 11. The number of nitrogens with zero attached hydrogens (tertiary/aromatic N) is 6. The molecule has 0 saturated carbocycles. The number of aromatic nitrogens is 4. The third kappa shape index (κ3) is 8.17. The van der Waals surface area contributed by atoms with Gasteiger partial charge in [-0.25, -0.2) is 18.4 Å². The number of amides is 2. The number of carbonyl (C=O) groups excluding carboxylic acids is 2. The first-order valence-corrected chi connectivity index (χ1v) is 15.6. The van der Waals surface area contributed by atoms with E-state index >= 15 is 0 Å². The normalized spacial score (nSPS) is 15.1. The van der Waals surface area contributed by atoms with E-state index in [0.29, 0.717) is 25.7 Å². The Labute approximate surface area is 263 Å². The minimum absolute atomic E-state index is 0.0560. The first-order valence-electron chi connectivity index (χ1n) is 13.8. The summed E-state index contributed by atoms with van der Waals surface area (Å²) in [6.07, 6.45) is 1.90. The van der Waals surface area contributed by atoms with Gasteiger partial charge in [-0.3, -0.25) is 18.9 Å². The van der Waals surface area contributed by atoms with Crippen LogP contribution in [0.5, 0.6) is 5.75 Å². The molecule has 3 N–H and O–H groups in total. The van der Waals surface area contributed by atoms with Crippen molar-refractivity contribution in [2.45, 2.75) is 31.6 Å². The number of likely N-dealkylation sites (tertiary alicyclic amines) is 1. The molecule has 2 amide bonds. The molecule has 1 aliphatic heterocycles. The van der Waals surface area contributed by atoms with E-state index in [2.05, 4.69) is 42.5 Å². The van der Waals surface area contributed by atoms with E-state index in [1.165, 1.54) is 50.8 Å². The van der Waals surface area contributed by atoms with Crippen molar-refractivity contribution in [3.8, 4) is 5.75 Å². The van der Waals surface area contributed by atoms with Crippen LogP contribution >= 0.6 is 0 Å². The molecule has 2 aromatic heterocycles. The molecule has 4 rings (SSSR count). The SMILES string of the molecule is C=CC(=O)N1CCCC(NC(=O)c2ccc(Nc3ncc(C(F)(F)F)c(NCc4nccnc4N(C)S(C)(=O)=O)n3)c(OC)c2)C1. The van der Waals surface area contributed by atoms with Gasteiger partial charge in [0.25, 0.3) is 5.91 Å². The Balaban J connectivity index is 1.53. The number of anilines is 4. The highest BCUT2D eigenvalue weighted by Gasteiger charge is 2.35. The zero-order valence-corrected chi connectivity index (χ0v) is 25.9. The Bertz CT molecular complexity index is 1720. The molecular weight excluding hydrogens is 631 g/mol. The number of benzene rings is 1. The van der Waals surface area contributed by atoms with Crippen LogP contribution in [0.4, 0.5) is 36.4 Å². The summed E-state index contributed by atoms with van der Waals surface area (Å²) in [7, 11) is -1.13. The summed E-state index contributed by atoms with van der Waals surface area (Å²) in [5.74, 6) is -1.32. The van der Waals surface area contributed by atoms with Gasteiger partial charge in [0.15, 0.2) is 5.82 Å². The van der Waals surface area contributed by atoms with E-state index in [-0.39, 0.29) is 53.0 Å². The highest BCUT2D eigenvalue weighted by molar-refractivity contribution is 7.92. The Hall–Kier alpha value is -5.00. The van der Waals surface area contributed by atoms with Crippen LogP contribution in [0.3, 0.4) is 0 Å². The van der Waals surface area contributed by atoms with Crippen molar-refractivity contribution in [2.75, 3.05) is 48.4 Å². The van der Waals surface area contributed by atoms with Gasteiger partial charge in [-0.15, -0.1) is 0 Å². The molecule has 18 heteroatoms. The van der Waals surface area contributed by atoms with Gasteiger partial charge in [-0.05, 0) is 37.1 Å². The molecule has 1 fully saturated rings. The standard InChI is InChI=1S/C28H32F3N9O5S/c1-5-23(41)40-12-6-7-18(16-40)36-26(42)17-8-9-20(22(13-17)45-3)37-27-35-14-19(28(29,30)31)24(38-27)34-15-21-25(33-11-10-32-21)39(2)46(4,43)44/h5,8-11,13-14,18H,1,6-7,12,15-16H2,2-4H3,(H,36,42)(H2,34,35,37,38). The predicted molar refractivity (Wildman–Crippen MR) is 163 cm³/mol. The first-order chi connectivity index (χ1) is 21.7. The van der Waals surface area contributed by atoms with E-state index in [0.717, 1.165) is 17.0 Å². The van der Waals surface area contributed by atoms with Crippen molar-refractivity contribution in [2.24, 2.45) is 0 Å². The van der Waals surface area contributed by atoms with Crippen molar-refractivity contribution in [3.05, 3.63) is 66.3 Å². The molecule has 0 bridgehead atoms. The lowest BCUT2D eigenvalue weighted by atomic mass is 10.0. The summed E-state index contributed by atoms with van der Waals surface area (Å²) >= 11 is 0. The second-order valence-electron chi connectivity index (χ2n) is 10.2. The molecule has 1 unspecified atom stereocenters. The maximum Gasteiger partial charge on any atom is 0.421 e. The fourth-order valence-corrected chi connectivity index (χ4v) is 5.07. The van der Waals surface area contributed by atoms with Gasteiger partial charge in [-0.1, -0.05) is 6.58 Å². The third-order valence-electron chi connectivity index (χ3n) is 7.02. The number of piperidine rings is 1. The zero-order chi connectivity index (χ0) is 33.6. The Morgan fingerprint density at radius 2 is 1.96 bits per heavy atom. The van der Waals surface area contributed by atoms with Crippen LogP contribution in [0.1, 0.15) is 34.5 Å². The highest BCUT2D eigenvalue weighted by Crippen LogP contribution is 2.35. The van der Waals surface area contributed by atoms with Crippen LogP contribution in [-0.2, 0) is 27.5 Å². The highest BCUT2D eigenvalue weighted by atomic mass is 32.2. The Morgan fingerprint density at radius 3 is 2.63 bits per heavy atom. The predicted octanol–water partition coefficient (Wildman–Crippen LogP) is 2.95. The fraction of sp³-hybridized carbons (Fsp3) is 0.357. The minimum atomic E-state index is -4.82. The summed E-state index contributed by atoms with van der Waals surface area (Å²) in [5.41, 5.74) is -0.601. The number of hydrogen-bond donors (Lipinski definition) is 3. The van der Waals surface area contributed by atoms with Gasteiger partial charge in [0.2, 0.25) is 21.9 Å². The number of sulfonamides is 1. The molecule has 1 saturated heterocycles. The van der Waals surface area contributed by atoms with Crippen LogP contribution in [0.15, 0.2) is 49.4 Å². The van der Waals surface area contributed by atoms with Gasteiger partial charge < -0.3 is 25.6 Å². The van der Waals surface area contributed by atoms with Crippen molar-refractivity contribution in [3.63, 3.8) is 0 Å². The number of carbonyl (C=O) groups is 2. The van der Waals surface area contributed by atoms with E-state index in [9.17, 15) is 31.2 Å². The average Bonchev–Trinajstić information content (AvgIpc) is 3.02. The number of alkyl halides is 3. The number of nitrogens with one attached hydrogen (secondary N) is 3. The Morgan fingerprint density at radius 1 is 1.22 bits per heavy atom.